The number of benzene rings is 3. The van der Waals surface area contributed by atoms with Gasteiger partial charge >= 0.3 is 6.09 Å². The van der Waals surface area contributed by atoms with Crippen molar-refractivity contribution in [1.29, 1.82) is 0 Å². The molecule has 0 fully saturated rings. The molecule has 0 unspecified atom stereocenters. The maximum Gasteiger partial charge on any atom is 0.407 e. The van der Waals surface area contributed by atoms with Gasteiger partial charge in [0.25, 0.3) is 0 Å². The number of hydrogen-bond acceptors (Lipinski definition) is 5. The SMILES string of the molecule is CC(C)(C)OC(=O)NCCc1ccc(OCCCNc2c3ccccc3nc3ccccc23)cc1. The van der Waals surface area contributed by atoms with Crippen molar-refractivity contribution < 1.29 is 14.3 Å². The Balaban J connectivity index is 1.23. The third-order valence-electron chi connectivity index (χ3n) is 5.48. The van der Waals surface area contributed by atoms with Gasteiger partial charge < -0.3 is 20.1 Å². The summed E-state index contributed by atoms with van der Waals surface area (Å²) in [5.74, 6) is 0.841. The maximum absolute atomic E-state index is 11.7. The molecule has 35 heavy (non-hydrogen) atoms. The van der Waals surface area contributed by atoms with Gasteiger partial charge in [-0.05, 0) is 63.4 Å². The highest BCUT2D eigenvalue weighted by Crippen LogP contribution is 2.30. The summed E-state index contributed by atoms with van der Waals surface area (Å²) in [4.78, 5) is 16.5. The Morgan fingerprint density at radius 2 is 1.49 bits per heavy atom. The van der Waals surface area contributed by atoms with Crippen molar-refractivity contribution in [1.82, 2.24) is 10.3 Å². The molecular formula is C29H33N3O3. The normalized spacial score (nSPS) is 11.4. The monoisotopic (exact) mass is 471 g/mol. The zero-order chi connectivity index (χ0) is 24.7. The number of nitrogens with zero attached hydrogens (tertiary/aromatic N) is 1. The fraction of sp³-hybridized carbons (Fsp3) is 0.310. The quantitative estimate of drug-likeness (QED) is 0.220. The topological polar surface area (TPSA) is 72.5 Å². The number of amides is 1. The molecule has 4 aromatic rings. The van der Waals surface area contributed by atoms with Gasteiger partial charge in [-0.3, -0.25) is 0 Å². The van der Waals surface area contributed by atoms with Crippen molar-refractivity contribution in [2.24, 2.45) is 0 Å². The third-order valence-corrected chi connectivity index (χ3v) is 5.48. The van der Waals surface area contributed by atoms with E-state index in [1.54, 1.807) is 0 Å². The van der Waals surface area contributed by atoms with Crippen molar-refractivity contribution in [3.8, 4) is 5.75 Å². The first-order valence-corrected chi connectivity index (χ1v) is 12.1. The molecule has 0 aliphatic carbocycles. The zero-order valence-electron chi connectivity index (χ0n) is 20.6. The van der Waals surface area contributed by atoms with Crippen LogP contribution in [0, 0.1) is 0 Å². The van der Waals surface area contributed by atoms with Gasteiger partial charge in [-0.1, -0.05) is 48.5 Å². The number of fused-ring (bicyclic) bond motifs is 2. The lowest BCUT2D eigenvalue weighted by molar-refractivity contribution is 0.0528. The van der Waals surface area contributed by atoms with E-state index < -0.39 is 5.60 Å². The summed E-state index contributed by atoms with van der Waals surface area (Å²) in [6.45, 7) is 7.50. The summed E-state index contributed by atoms with van der Waals surface area (Å²) in [7, 11) is 0. The van der Waals surface area contributed by atoms with Gasteiger partial charge in [-0.25, -0.2) is 9.78 Å². The molecule has 6 heteroatoms. The molecule has 0 spiro atoms. The van der Waals surface area contributed by atoms with Crippen LogP contribution >= 0.6 is 0 Å². The fourth-order valence-corrected chi connectivity index (χ4v) is 3.88. The number of alkyl carbamates (subject to hydrolysis) is 1. The molecule has 0 saturated heterocycles. The molecule has 3 aromatic carbocycles. The molecule has 182 valence electrons. The number of para-hydroxylation sites is 2. The Morgan fingerprint density at radius 1 is 0.857 bits per heavy atom. The lowest BCUT2D eigenvalue weighted by atomic mass is 10.1. The van der Waals surface area contributed by atoms with Crippen molar-refractivity contribution in [2.75, 3.05) is 25.0 Å². The predicted octanol–water partition coefficient (Wildman–Crippen LogP) is 6.34. The molecule has 1 aromatic heterocycles. The van der Waals surface area contributed by atoms with Crippen LogP contribution in [0.2, 0.25) is 0 Å². The molecule has 4 rings (SSSR count). The standard InChI is InChI=1S/C29H33N3O3/c1-29(2,3)35-28(33)31-19-17-21-13-15-22(16-14-21)34-20-8-18-30-27-23-9-4-6-11-25(23)32-26-12-7-5-10-24(26)27/h4-7,9-16H,8,17-20H2,1-3H3,(H,30,32)(H,31,33). The van der Waals surface area contributed by atoms with Crippen LogP contribution in [0.1, 0.15) is 32.8 Å². The van der Waals surface area contributed by atoms with Crippen LogP contribution in [0.5, 0.6) is 5.75 Å². The Bertz CT molecular complexity index is 1230. The number of nitrogens with one attached hydrogen (secondary N) is 2. The number of anilines is 1. The second-order valence-corrected chi connectivity index (χ2v) is 9.47. The number of carbonyl (C=O) groups is 1. The summed E-state index contributed by atoms with van der Waals surface area (Å²) in [5.41, 5.74) is 3.75. The maximum atomic E-state index is 11.7. The van der Waals surface area contributed by atoms with Crippen LogP contribution in [0.25, 0.3) is 21.8 Å². The molecular weight excluding hydrogens is 438 g/mol. The highest BCUT2D eigenvalue weighted by atomic mass is 16.6. The summed E-state index contributed by atoms with van der Waals surface area (Å²) >= 11 is 0. The minimum atomic E-state index is -0.488. The molecule has 0 radical (unpaired) electrons. The van der Waals surface area contributed by atoms with Gasteiger partial charge in [0.15, 0.2) is 0 Å². The Morgan fingerprint density at radius 3 is 2.11 bits per heavy atom. The van der Waals surface area contributed by atoms with Gasteiger partial charge in [0.2, 0.25) is 0 Å². The Hall–Kier alpha value is -3.80. The third kappa shape index (κ3) is 6.85. The second-order valence-electron chi connectivity index (χ2n) is 9.47. The first kappa shape index (κ1) is 24.3. The number of hydrogen-bond donors (Lipinski definition) is 2. The van der Waals surface area contributed by atoms with E-state index in [2.05, 4.69) is 22.8 Å². The van der Waals surface area contributed by atoms with Crippen molar-refractivity contribution in [3.05, 3.63) is 78.4 Å². The van der Waals surface area contributed by atoms with Gasteiger partial charge in [0.05, 0.1) is 23.3 Å². The van der Waals surface area contributed by atoms with Crippen molar-refractivity contribution in [2.45, 2.75) is 39.2 Å². The van der Waals surface area contributed by atoms with E-state index in [0.29, 0.717) is 13.2 Å². The van der Waals surface area contributed by atoms with E-state index in [4.69, 9.17) is 14.5 Å². The average molecular weight is 472 g/mol. The van der Waals surface area contributed by atoms with Crippen LogP contribution in [0.3, 0.4) is 0 Å². The van der Waals surface area contributed by atoms with Crippen LogP contribution in [-0.4, -0.2) is 36.4 Å². The molecule has 6 nitrogen and oxygen atoms in total. The van der Waals surface area contributed by atoms with Crippen molar-refractivity contribution in [3.63, 3.8) is 0 Å². The van der Waals surface area contributed by atoms with E-state index in [1.807, 2.05) is 81.4 Å². The molecule has 1 heterocycles. The molecule has 0 aliphatic heterocycles. The smallest absolute Gasteiger partial charge is 0.407 e. The largest absolute Gasteiger partial charge is 0.494 e. The molecule has 0 aliphatic rings. The minimum absolute atomic E-state index is 0.390. The summed E-state index contributed by atoms with van der Waals surface area (Å²) in [6, 6.07) is 24.4. The van der Waals surface area contributed by atoms with Gasteiger partial charge in [0, 0.05) is 23.9 Å². The van der Waals surface area contributed by atoms with Gasteiger partial charge in [-0.15, -0.1) is 0 Å². The first-order chi connectivity index (χ1) is 16.9. The number of aromatic nitrogens is 1. The predicted molar refractivity (Wildman–Crippen MR) is 142 cm³/mol. The van der Waals surface area contributed by atoms with E-state index in [9.17, 15) is 4.79 Å². The summed E-state index contributed by atoms with van der Waals surface area (Å²) < 4.78 is 11.2. The Kier molecular flexibility index (Phi) is 7.70. The highest BCUT2D eigenvalue weighted by molar-refractivity contribution is 6.07. The first-order valence-electron chi connectivity index (χ1n) is 12.1. The lowest BCUT2D eigenvalue weighted by Crippen LogP contribution is -2.33. The number of rotatable bonds is 9. The summed E-state index contributed by atoms with van der Waals surface area (Å²) in [5, 5.41) is 8.65. The number of pyridine rings is 1. The fourth-order valence-electron chi connectivity index (χ4n) is 3.88. The van der Waals surface area contributed by atoms with Crippen LogP contribution in [-0.2, 0) is 11.2 Å². The zero-order valence-corrected chi connectivity index (χ0v) is 20.6. The lowest BCUT2D eigenvalue weighted by Gasteiger charge is -2.19. The number of carbonyl (C=O) groups excluding carboxylic acids is 1. The number of ether oxygens (including phenoxy) is 2. The molecule has 0 bridgehead atoms. The van der Waals surface area contributed by atoms with Crippen molar-refractivity contribution >= 4 is 33.6 Å². The van der Waals surface area contributed by atoms with E-state index in [1.165, 1.54) is 0 Å². The summed E-state index contributed by atoms with van der Waals surface area (Å²) in [6.07, 6.45) is 1.21. The highest BCUT2D eigenvalue weighted by Gasteiger charge is 2.15. The molecule has 1 amide bonds. The van der Waals surface area contributed by atoms with Gasteiger partial charge in [0.1, 0.15) is 11.4 Å². The van der Waals surface area contributed by atoms with Crippen LogP contribution in [0.15, 0.2) is 72.8 Å². The van der Waals surface area contributed by atoms with E-state index >= 15 is 0 Å². The molecule has 2 N–H and O–H groups in total. The van der Waals surface area contributed by atoms with E-state index in [0.717, 1.165) is 58.2 Å². The van der Waals surface area contributed by atoms with E-state index in [-0.39, 0.29) is 6.09 Å². The van der Waals surface area contributed by atoms with Crippen LogP contribution < -0.4 is 15.4 Å². The van der Waals surface area contributed by atoms with Crippen LogP contribution in [0.4, 0.5) is 10.5 Å². The second kappa shape index (κ2) is 11.1. The molecule has 0 atom stereocenters. The van der Waals surface area contributed by atoms with Gasteiger partial charge in [-0.2, -0.15) is 0 Å². The molecule has 0 saturated carbocycles. The minimum Gasteiger partial charge on any atom is -0.494 e. The average Bonchev–Trinajstić information content (AvgIpc) is 2.83. The Labute approximate surface area is 206 Å².